The van der Waals surface area contributed by atoms with Crippen molar-refractivity contribution in [2.75, 3.05) is 6.26 Å². The van der Waals surface area contributed by atoms with E-state index < -0.39 is 11.8 Å². The molecule has 1 aliphatic carbocycles. The molecule has 1 fully saturated rings. The van der Waals surface area contributed by atoms with Crippen molar-refractivity contribution in [3.05, 3.63) is 17.5 Å². The van der Waals surface area contributed by atoms with Gasteiger partial charge in [0.15, 0.2) is 5.16 Å². The van der Waals surface area contributed by atoms with Gasteiger partial charge in [-0.2, -0.15) is 8.78 Å². The van der Waals surface area contributed by atoms with E-state index in [9.17, 15) is 8.78 Å². The first-order chi connectivity index (χ1) is 9.95. The van der Waals surface area contributed by atoms with Gasteiger partial charge in [0.1, 0.15) is 5.69 Å². The van der Waals surface area contributed by atoms with E-state index in [1.807, 2.05) is 0 Å². The maximum Gasteiger partial charge on any atom is 0.292 e. The van der Waals surface area contributed by atoms with Gasteiger partial charge < -0.3 is 5.11 Å². The number of carboxylic acid groups (broad SMARTS) is 1. The summed E-state index contributed by atoms with van der Waals surface area (Å²) >= 11 is 1.30. The zero-order valence-electron chi connectivity index (χ0n) is 12.2. The molecule has 4 nitrogen and oxygen atoms in total. The van der Waals surface area contributed by atoms with E-state index in [1.54, 1.807) is 13.2 Å². The van der Waals surface area contributed by atoms with Crippen molar-refractivity contribution in [1.82, 2.24) is 9.97 Å². The van der Waals surface area contributed by atoms with Gasteiger partial charge in [-0.05, 0) is 32.1 Å². The minimum atomic E-state index is -2.82. The average Bonchev–Trinajstić information content (AvgIpc) is 2.48. The Morgan fingerprint density at radius 2 is 1.90 bits per heavy atom. The molecule has 0 bridgehead atoms. The molecule has 0 aromatic carbocycles. The van der Waals surface area contributed by atoms with E-state index in [4.69, 9.17) is 9.90 Å². The molecule has 0 amide bonds. The molecule has 0 spiro atoms. The molecule has 1 N–H and O–H groups in total. The fourth-order valence-electron chi connectivity index (χ4n) is 2.48. The van der Waals surface area contributed by atoms with Crippen LogP contribution in [0.4, 0.5) is 8.78 Å². The summed E-state index contributed by atoms with van der Waals surface area (Å²) in [4.78, 5) is 16.5. The fourth-order valence-corrected chi connectivity index (χ4v) is 2.90. The van der Waals surface area contributed by atoms with E-state index in [1.165, 1.54) is 17.8 Å². The molecule has 2 rings (SSSR count). The molecule has 0 saturated heterocycles. The lowest BCUT2D eigenvalue weighted by molar-refractivity contribution is -0.122. The van der Waals surface area contributed by atoms with Gasteiger partial charge in [-0.1, -0.05) is 31.0 Å². The fraction of sp³-hybridized carbons (Fsp3) is 0.643. The summed E-state index contributed by atoms with van der Waals surface area (Å²) in [5.41, 5.74) is 0.506. The quantitative estimate of drug-likeness (QED) is 0.520. The van der Waals surface area contributed by atoms with Crippen LogP contribution < -0.4 is 0 Å². The number of nitrogens with zero attached hydrogens (tertiary/aromatic N) is 2. The van der Waals surface area contributed by atoms with Gasteiger partial charge in [0.25, 0.3) is 12.4 Å². The minimum absolute atomic E-state index is 0.105. The van der Waals surface area contributed by atoms with Gasteiger partial charge in [-0.3, -0.25) is 4.79 Å². The maximum atomic E-state index is 14.4. The molecule has 1 aliphatic rings. The van der Waals surface area contributed by atoms with E-state index in [-0.39, 0.29) is 12.2 Å². The average molecular weight is 318 g/mol. The van der Waals surface area contributed by atoms with Crippen molar-refractivity contribution in [2.24, 2.45) is 5.92 Å². The number of aryl methyl sites for hydroxylation is 1. The summed E-state index contributed by atoms with van der Waals surface area (Å²) in [6.07, 6.45) is 5.89. The minimum Gasteiger partial charge on any atom is -0.483 e. The Bertz CT molecular complexity index is 466. The smallest absolute Gasteiger partial charge is 0.292 e. The third kappa shape index (κ3) is 4.91. The molecule has 1 aromatic rings. The molecule has 0 atom stereocenters. The monoisotopic (exact) mass is 318 g/mol. The van der Waals surface area contributed by atoms with E-state index >= 15 is 0 Å². The van der Waals surface area contributed by atoms with Crippen LogP contribution in [0.25, 0.3) is 0 Å². The molecule has 7 heteroatoms. The van der Waals surface area contributed by atoms with Crippen molar-refractivity contribution in [3.63, 3.8) is 0 Å². The van der Waals surface area contributed by atoms with Crippen LogP contribution in [0.15, 0.2) is 11.2 Å². The molecule has 0 radical (unpaired) electrons. The standard InChI is InChI=1S/C13H18F2N2S.CH2O2/c1-9-8-11(17-12(16-9)18-2)13(14,15)10-6-4-3-5-7-10;2-1-3/h8,10H,3-7H2,1-2H3;1H,(H,2,3). The van der Waals surface area contributed by atoms with Crippen molar-refractivity contribution in [2.45, 2.75) is 50.1 Å². The van der Waals surface area contributed by atoms with Crippen LogP contribution >= 0.6 is 11.8 Å². The SMILES string of the molecule is CSc1nc(C)cc(C(F)(F)C2CCCCC2)n1.O=CO. The van der Waals surface area contributed by atoms with Crippen molar-refractivity contribution in [3.8, 4) is 0 Å². The second-order valence-corrected chi connectivity index (χ2v) is 5.72. The third-order valence-electron chi connectivity index (χ3n) is 3.48. The Morgan fingerprint density at radius 1 is 1.33 bits per heavy atom. The molecule has 118 valence electrons. The highest BCUT2D eigenvalue weighted by atomic mass is 32.2. The molecular formula is C14H20F2N2O2S. The highest BCUT2D eigenvalue weighted by Gasteiger charge is 2.43. The van der Waals surface area contributed by atoms with E-state index in [2.05, 4.69) is 9.97 Å². The van der Waals surface area contributed by atoms with Crippen LogP contribution in [-0.2, 0) is 10.7 Å². The first-order valence-electron chi connectivity index (χ1n) is 6.81. The lowest BCUT2D eigenvalue weighted by atomic mass is 9.83. The van der Waals surface area contributed by atoms with Crippen molar-refractivity contribution < 1.29 is 18.7 Å². The van der Waals surface area contributed by atoms with Gasteiger partial charge >= 0.3 is 0 Å². The molecule has 1 aromatic heterocycles. The molecule has 21 heavy (non-hydrogen) atoms. The predicted molar refractivity (Wildman–Crippen MR) is 77.7 cm³/mol. The highest BCUT2D eigenvalue weighted by Crippen LogP contribution is 2.43. The molecular weight excluding hydrogens is 298 g/mol. The van der Waals surface area contributed by atoms with Gasteiger partial charge in [0, 0.05) is 11.6 Å². The van der Waals surface area contributed by atoms with E-state index in [0.717, 1.165) is 19.3 Å². The van der Waals surface area contributed by atoms with Gasteiger partial charge in [0.2, 0.25) is 0 Å². The Labute approximate surface area is 127 Å². The normalized spacial score (nSPS) is 16.0. The zero-order chi connectivity index (χ0) is 15.9. The van der Waals surface area contributed by atoms with Gasteiger partial charge in [-0.15, -0.1) is 0 Å². The second kappa shape index (κ2) is 8.26. The highest BCUT2D eigenvalue weighted by molar-refractivity contribution is 7.98. The first-order valence-corrected chi connectivity index (χ1v) is 8.04. The Hall–Kier alpha value is -1.24. The summed E-state index contributed by atoms with van der Waals surface area (Å²) in [6, 6.07) is 1.42. The molecule has 0 aliphatic heterocycles. The summed E-state index contributed by atoms with van der Waals surface area (Å²) in [5.74, 6) is -3.38. The van der Waals surface area contributed by atoms with Crippen molar-refractivity contribution >= 4 is 18.2 Å². The summed E-state index contributed by atoms with van der Waals surface area (Å²) in [5, 5.41) is 7.32. The zero-order valence-corrected chi connectivity index (χ0v) is 13.0. The number of rotatable bonds is 3. The number of hydrogen-bond acceptors (Lipinski definition) is 4. The van der Waals surface area contributed by atoms with Gasteiger partial charge in [0.05, 0.1) is 0 Å². The Morgan fingerprint density at radius 3 is 2.43 bits per heavy atom. The van der Waals surface area contributed by atoms with Crippen LogP contribution in [0.5, 0.6) is 0 Å². The van der Waals surface area contributed by atoms with Crippen LogP contribution in [0.2, 0.25) is 0 Å². The van der Waals surface area contributed by atoms with Crippen molar-refractivity contribution in [1.29, 1.82) is 0 Å². The molecule has 1 saturated carbocycles. The summed E-state index contributed by atoms with van der Waals surface area (Å²) in [7, 11) is 0. The Kier molecular flexibility index (Phi) is 7.01. The Balaban J connectivity index is 0.000000677. The second-order valence-electron chi connectivity index (χ2n) is 4.94. The molecule has 1 heterocycles. The number of carbonyl (C=O) groups is 1. The van der Waals surface area contributed by atoms with E-state index in [0.29, 0.717) is 23.7 Å². The van der Waals surface area contributed by atoms with Crippen LogP contribution in [0.3, 0.4) is 0 Å². The summed E-state index contributed by atoms with van der Waals surface area (Å²) in [6.45, 7) is 1.49. The number of halogens is 2. The third-order valence-corrected chi connectivity index (χ3v) is 4.02. The molecule has 0 unspecified atom stereocenters. The van der Waals surface area contributed by atoms with Gasteiger partial charge in [-0.25, -0.2) is 9.97 Å². The topological polar surface area (TPSA) is 63.1 Å². The number of thioether (sulfide) groups is 1. The largest absolute Gasteiger partial charge is 0.483 e. The first kappa shape index (κ1) is 17.8. The lowest BCUT2D eigenvalue weighted by Crippen LogP contribution is -2.29. The lowest BCUT2D eigenvalue weighted by Gasteiger charge is -2.29. The number of hydrogen-bond donors (Lipinski definition) is 1. The maximum absolute atomic E-state index is 14.4. The number of alkyl halides is 2. The predicted octanol–water partition coefficient (Wildman–Crippen LogP) is 3.88. The number of aromatic nitrogens is 2. The summed E-state index contributed by atoms with van der Waals surface area (Å²) < 4.78 is 28.9. The van der Waals surface area contributed by atoms with Crippen LogP contribution in [0.1, 0.15) is 43.5 Å². The van der Waals surface area contributed by atoms with Crippen LogP contribution in [0, 0.1) is 12.8 Å². The van der Waals surface area contributed by atoms with Crippen LogP contribution in [-0.4, -0.2) is 27.8 Å².